The number of hydrogen-bond acceptors (Lipinski definition) is 3. The summed E-state index contributed by atoms with van der Waals surface area (Å²) in [5.41, 5.74) is 1.37. The van der Waals surface area contributed by atoms with Gasteiger partial charge in [0, 0.05) is 7.11 Å². The van der Waals surface area contributed by atoms with Crippen LogP contribution in [0.15, 0.2) is 18.2 Å². The Morgan fingerprint density at radius 2 is 1.85 bits per heavy atom. The van der Waals surface area contributed by atoms with Gasteiger partial charge in [-0.1, -0.05) is 18.2 Å². The molecule has 0 atom stereocenters. The van der Waals surface area contributed by atoms with Crippen LogP contribution < -0.4 is 4.90 Å². The number of aryl methyl sites for hydroxylation is 2. The number of carboxylic acids is 1. The first-order valence-corrected chi connectivity index (χ1v) is 6.55. The molecule has 0 radical (unpaired) electrons. The summed E-state index contributed by atoms with van der Waals surface area (Å²) < 4.78 is 4.90. The van der Waals surface area contributed by atoms with E-state index in [2.05, 4.69) is 0 Å². The summed E-state index contributed by atoms with van der Waals surface area (Å²) >= 11 is 0. The molecule has 5 heteroatoms. The van der Waals surface area contributed by atoms with Gasteiger partial charge in [-0.2, -0.15) is 0 Å². The normalized spacial score (nSPS) is 15.8. The monoisotopic (exact) mass is 277 g/mol. The third-order valence-electron chi connectivity index (χ3n) is 3.73. The molecular formula is C15H19NO4. The second kappa shape index (κ2) is 5.25. The minimum atomic E-state index is -1.10. The Hall–Kier alpha value is -1.88. The van der Waals surface area contributed by atoms with Gasteiger partial charge in [0.15, 0.2) is 0 Å². The Kier molecular flexibility index (Phi) is 3.81. The first kappa shape index (κ1) is 14.5. The molecule has 1 amide bonds. The van der Waals surface area contributed by atoms with Crippen LogP contribution in [-0.2, 0) is 14.3 Å². The van der Waals surface area contributed by atoms with Crippen LogP contribution in [0.3, 0.4) is 0 Å². The lowest BCUT2D eigenvalue weighted by molar-refractivity contribution is -0.141. The van der Waals surface area contributed by atoms with Crippen LogP contribution in [0, 0.1) is 13.8 Å². The van der Waals surface area contributed by atoms with Crippen LogP contribution in [0.25, 0.3) is 0 Å². The lowest BCUT2D eigenvalue weighted by atomic mass is 10.0. The first-order chi connectivity index (χ1) is 9.44. The summed E-state index contributed by atoms with van der Waals surface area (Å²) in [6, 6.07) is 5.66. The van der Waals surface area contributed by atoms with Crippen molar-refractivity contribution in [2.75, 3.05) is 18.6 Å². The minimum absolute atomic E-state index is 0.122. The molecule has 0 aromatic heterocycles. The van der Waals surface area contributed by atoms with E-state index in [1.165, 1.54) is 12.0 Å². The number of anilines is 1. The van der Waals surface area contributed by atoms with Crippen molar-refractivity contribution in [1.29, 1.82) is 0 Å². The van der Waals surface area contributed by atoms with Crippen LogP contribution in [0.5, 0.6) is 0 Å². The molecule has 1 aromatic rings. The van der Waals surface area contributed by atoms with Gasteiger partial charge in [-0.3, -0.25) is 9.69 Å². The minimum Gasteiger partial charge on any atom is -0.479 e. The number of ether oxygens (including phenoxy) is 1. The number of benzene rings is 1. The molecule has 1 N–H and O–H groups in total. The molecule has 1 aliphatic carbocycles. The fourth-order valence-electron chi connectivity index (χ4n) is 2.58. The summed E-state index contributed by atoms with van der Waals surface area (Å²) in [6.07, 6.45) is 0.955. The van der Waals surface area contributed by atoms with Crippen molar-refractivity contribution in [3.8, 4) is 0 Å². The van der Waals surface area contributed by atoms with Crippen molar-refractivity contribution in [2.24, 2.45) is 0 Å². The smallest absolute Gasteiger partial charge is 0.330 e. The quantitative estimate of drug-likeness (QED) is 0.892. The molecule has 108 valence electrons. The van der Waals surface area contributed by atoms with Gasteiger partial charge >= 0.3 is 5.97 Å². The average Bonchev–Trinajstić information content (AvgIpc) is 3.15. The fourth-order valence-corrected chi connectivity index (χ4v) is 2.58. The number of carbonyl (C=O) groups excluding carboxylic acids is 1. The Balaban J connectivity index is 2.53. The van der Waals surface area contributed by atoms with Crippen LogP contribution in [-0.4, -0.2) is 36.2 Å². The predicted molar refractivity (Wildman–Crippen MR) is 74.9 cm³/mol. The van der Waals surface area contributed by atoms with E-state index in [9.17, 15) is 14.7 Å². The van der Waals surface area contributed by atoms with E-state index in [-0.39, 0.29) is 12.5 Å². The Morgan fingerprint density at radius 3 is 2.25 bits per heavy atom. The predicted octanol–water partition coefficient (Wildman–Crippen LogP) is 1.90. The lowest BCUT2D eigenvalue weighted by Gasteiger charge is -2.31. The Labute approximate surface area is 118 Å². The second-order valence-corrected chi connectivity index (χ2v) is 5.24. The number of methoxy groups -OCH3 is 1. The maximum atomic E-state index is 12.4. The second-order valence-electron chi connectivity index (χ2n) is 5.24. The zero-order valence-electron chi connectivity index (χ0n) is 12.0. The third-order valence-corrected chi connectivity index (χ3v) is 3.73. The zero-order valence-corrected chi connectivity index (χ0v) is 12.0. The van der Waals surface area contributed by atoms with E-state index < -0.39 is 11.5 Å². The topological polar surface area (TPSA) is 66.8 Å². The van der Waals surface area contributed by atoms with Gasteiger partial charge in [0.2, 0.25) is 0 Å². The van der Waals surface area contributed by atoms with Crippen LogP contribution in [0.1, 0.15) is 24.0 Å². The molecule has 1 fully saturated rings. The van der Waals surface area contributed by atoms with Crippen molar-refractivity contribution in [3.05, 3.63) is 29.3 Å². The maximum Gasteiger partial charge on any atom is 0.330 e. The highest BCUT2D eigenvalue weighted by Crippen LogP contribution is 2.46. The number of carboxylic acid groups (broad SMARTS) is 1. The van der Waals surface area contributed by atoms with Gasteiger partial charge in [0.1, 0.15) is 12.1 Å². The number of aliphatic carboxylic acids is 1. The summed E-state index contributed by atoms with van der Waals surface area (Å²) in [5, 5.41) is 9.50. The van der Waals surface area contributed by atoms with Gasteiger partial charge in [-0.15, -0.1) is 0 Å². The highest BCUT2D eigenvalue weighted by atomic mass is 16.5. The highest BCUT2D eigenvalue weighted by Gasteiger charge is 2.58. The average molecular weight is 277 g/mol. The highest BCUT2D eigenvalue weighted by molar-refractivity contribution is 6.05. The Bertz CT molecular complexity index is 529. The van der Waals surface area contributed by atoms with Crippen LogP contribution >= 0.6 is 0 Å². The van der Waals surface area contributed by atoms with Gasteiger partial charge in [-0.25, -0.2) is 4.79 Å². The van der Waals surface area contributed by atoms with E-state index in [1.807, 2.05) is 32.0 Å². The molecule has 2 rings (SSSR count). The molecule has 0 bridgehead atoms. The molecule has 0 heterocycles. The van der Waals surface area contributed by atoms with E-state index in [0.29, 0.717) is 18.5 Å². The van der Waals surface area contributed by atoms with E-state index in [4.69, 9.17) is 4.74 Å². The lowest BCUT2D eigenvalue weighted by Crippen LogP contribution is -2.49. The van der Waals surface area contributed by atoms with E-state index >= 15 is 0 Å². The van der Waals surface area contributed by atoms with Gasteiger partial charge < -0.3 is 9.84 Å². The van der Waals surface area contributed by atoms with E-state index in [1.54, 1.807) is 0 Å². The largest absolute Gasteiger partial charge is 0.479 e. The van der Waals surface area contributed by atoms with Crippen molar-refractivity contribution in [1.82, 2.24) is 0 Å². The van der Waals surface area contributed by atoms with E-state index in [0.717, 1.165) is 11.1 Å². The molecular weight excluding hydrogens is 258 g/mol. The van der Waals surface area contributed by atoms with Crippen molar-refractivity contribution in [2.45, 2.75) is 32.2 Å². The Morgan fingerprint density at radius 1 is 1.30 bits per heavy atom. The summed E-state index contributed by atoms with van der Waals surface area (Å²) in [4.78, 5) is 25.4. The molecule has 20 heavy (non-hydrogen) atoms. The summed E-state index contributed by atoms with van der Waals surface area (Å²) in [6.45, 7) is 3.64. The van der Waals surface area contributed by atoms with Crippen molar-refractivity contribution >= 4 is 17.6 Å². The number of rotatable bonds is 5. The number of amides is 1. The molecule has 0 aliphatic heterocycles. The molecule has 1 saturated carbocycles. The molecule has 0 unspecified atom stereocenters. The maximum absolute atomic E-state index is 12.4. The number of nitrogens with zero attached hydrogens (tertiary/aromatic N) is 1. The van der Waals surface area contributed by atoms with Crippen molar-refractivity contribution in [3.63, 3.8) is 0 Å². The van der Waals surface area contributed by atoms with Crippen molar-refractivity contribution < 1.29 is 19.4 Å². The summed E-state index contributed by atoms with van der Waals surface area (Å²) in [5.74, 6) is -1.27. The standard InChI is InChI=1S/C15H19NO4/c1-10-5-4-6-11(2)13(10)16(12(17)9-20-3)15(7-8-15)14(18)19/h4-6H,7-9H2,1-3H3,(H,18,19). The van der Waals surface area contributed by atoms with Gasteiger partial charge in [0.05, 0.1) is 5.69 Å². The zero-order chi connectivity index (χ0) is 14.9. The molecule has 1 aliphatic rings. The summed E-state index contributed by atoms with van der Waals surface area (Å²) in [7, 11) is 1.43. The molecule has 0 spiro atoms. The molecule has 5 nitrogen and oxygen atoms in total. The van der Waals surface area contributed by atoms with Gasteiger partial charge in [-0.05, 0) is 37.8 Å². The number of carbonyl (C=O) groups is 2. The molecule has 1 aromatic carbocycles. The third kappa shape index (κ3) is 2.29. The van der Waals surface area contributed by atoms with Gasteiger partial charge in [0.25, 0.3) is 5.91 Å². The first-order valence-electron chi connectivity index (χ1n) is 6.55. The number of para-hydroxylation sites is 1. The molecule has 0 saturated heterocycles. The SMILES string of the molecule is COCC(=O)N(c1c(C)cccc1C)C1(C(=O)O)CC1. The number of hydrogen-bond donors (Lipinski definition) is 1. The van der Waals surface area contributed by atoms with Crippen LogP contribution in [0.4, 0.5) is 5.69 Å². The van der Waals surface area contributed by atoms with Crippen LogP contribution in [0.2, 0.25) is 0 Å². The fraction of sp³-hybridized carbons (Fsp3) is 0.467.